The van der Waals surface area contributed by atoms with E-state index in [0.717, 1.165) is 0 Å². The molecule has 0 heteroatoms. The van der Waals surface area contributed by atoms with Crippen LogP contribution >= 0.6 is 0 Å². The smallest absolute Gasteiger partial charge is 0.0313 e. The van der Waals surface area contributed by atoms with E-state index in [1.807, 2.05) is 25.2 Å². The zero-order chi connectivity index (χ0) is 4.83. The van der Waals surface area contributed by atoms with Crippen LogP contribution in [0.4, 0.5) is 0 Å². The molecule has 0 unspecified atom stereocenters. The standard InChI is InChI=1S/C6H9/c1-3-5-6-4-2/h3-6H,1H2,2H3/b5-3-,6-4-. The van der Waals surface area contributed by atoms with Crippen molar-refractivity contribution in [3.05, 3.63) is 31.2 Å². The summed E-state index contributed by atoms with van der Waals surface area (Å²) in [4.78, 5) is 0. The van der Waals surface area contributed by atoms with Gasteiger partial charge in [-0.25, -0.2) is 0 Å². The van der Waals surface area contributed by atoms with Crippen LogP contribution in [0.3, 0.4) is 0 Å². The van der Waals surface area contributed by atoms with Crippen molar-refractivity contribution < 1.29 is 0 Å². The molecule has 0 aliphatic rings. The van der Waals surface area contributed by atoms with Gasteiger partial charge >= 0.3 is 0 Å². The van der Waals surface area contributed by atoms with Crippen molar-refractivity contribution in [2.45, 2.75) is 6.92 Å². The minimum absolute atomic E-state index is 1.75. The maximum atomic E-state index is 3.49. The average Bonchev–Trinajstić information content (AvgIpc) is 1.61. The maximum absolute atomic E-state index is 3.49. The second-order valence-corrected chi connectivity index (χ2v) is 0.954. The number of hydrogen-bond acceptors (Lipinski definition) is 0. The van der Waals surface area contributed by atoms with Crippen LogP contribution in [0.1, 0.15) is 6.92 Å². The summed E-state index contributed by atoms with van der Waals surface area (Å²) in [6.45, 7) is 5.46. The molecule has 0 nitrogen and oxygen atoms in total. The fraction of sp³-hybridized carbons (Fsp3) is 0.167. The van der Waals surface area contributed by atoms with Crippen molar-refractivity contribution in [3.63, 3.8) is 0 Å². The minimum Gasteiger partial charge on any atom is -0.0877 e. The van der Waals surface area contributed by atoms with Gasteiger partial charge in [0.05, 0.1) is 0 Å². The first-order valence-corrected chi connectivity index (χ1v) is 1.99. The molecule has 1 radical (unpaired) electrons. The molecule has 0 bridgehead atoms. The summed E-state index contributed by atoms with van der Waals surface area (Å²) < 4.78 is 0. The van der Waals surface area contributed by atoms with Gasteiger partial charge in [-0.05, 0) is 13.8 Å². The molecule has 0 spiro atoms. The zero-order valence-electron chi connectivity index (χ0n) is 4.02. The van der Waals surface area contributed by atoms with Gasteiger partial charge in [-0.15, -0.1) is 0 Å². The lowest BCUT2D eigenvalue weighted by Crippen LogP contribution is -1.40. The second-order valence-electron chi connectivity index (χ2n) is 0.954. The molecular weight excluding hydrogens is 72.1 g/mol. The van der Waals surface area contributed by atoms with Gasteiger partial charge < -0.3 is 0 Å². The van der Waals surface area contributed by atoms with Crippen molar-refractivity contribution >= 4 is 0 Å². The number of allylic oxidation sites excluding steroid dienone is 4. The normalized spacial score (nSPS) is 11.7. The van der Waals surface area contributed by atoms with E-state index >= 15 is 0 Å². The number of hydrogen-bond donors (Lipinski definition) is 0. The van der Waals surface area contributed by atoms with Gasteiger partial charge in [-0.1, -0.05) is 24.3 Å². The first-order chi connectivity index (χ1) is 2.91. The van der Waals surface area contributed by atoms with Crippen LogP contribution in [0.25, 0.3) is 0 Å². The van der Waals surface area contributed by atoms with Gasteiger partial charge in [0.2, 0.25) is 0 Å². The van der Waals surface area contributed by atoms with Crippen LogP contribution in [-0.2, 0) is 0 Å². The summed E-state index contributed by atoms with van der Waals surface area (Å²) in [5.74, 6) is 0. The van der Waals surface area contributed by atoms with Gasteiger partial charge in [0, 0.05) is 0 Å². The topological polar surface area (TPSA) is 0 Å². The Kier molecular flexibility index (Phi) is 4.09. The molecule has 0 aromatic heterocycles. The molecule has 0 aromatic carbocycles. The van der Waals surface area contributed by atoms with E-state index in [2.05, 4.69) is 6.92 Å². The summed E-state index contributed by atoms with van der Waals surface area (Å²) in [6, 6.07) is 0. The van der Waals surface area contributed by atoms with Gasteiger partial charge in [-0.2, -0.15) is 0 Å². The van der Waals surface area contributed by atoms with E-state index in [1.54, 1.807) is 6.08 Å². The van der Waals surface area contributed by atoms with Gasteiger partial charge in [0.1, 0.15) is 0 Å². The Bertz CT molecular complexity index is 48.4. The Morgan fingerprint density at radius 2 is 2.00 bits per heavy atom. The van der Waals surface area contributed by atoms with Crippen molar-refractivity contribution in [1.82, 2.24) is 0 Å². The van der Waals surface area contributed by atoms with Crippen LogP contribution in [0.15, 0.2) is 24.3 Å². The summed E-state index contributed by atoms with van der Waals surface area (Å²) in [6.07, 6.45) is 7.54. The lowest BCUT2D eigenvalue weighted by atomic mass is 10.5. The Morgan fingerprint density at radius 3 is 2.17 bits per heavy atom. The lowest BCUT2D eigenvalue weighted by molar-refractivity contribution is 1.73. The Morgan fingerprint density at radius 1 is 1.33 bits per heavy atom. The molecule has 0 aromatic rings. The predicted octanol–water partition coefficient (Wildman–Crippen LogP) is 1.95. The van der Waals surface area contributed by atoms with Crippen LogP contribution in [0, 0.1) is 6.92 Å². The molecular formula is C6H9. The lowest BCUT2D eigenvalue weighted by Gasteiger charge is -1.62. The van der Waals surface area contributed by atoms with Crippen LogP contribution in [-0.4, -0.2) is 0 Å². The van der Waals surface area contributed by atoms with Crippen LogP contribution in [0.5, 0.6) is 0 Å². The molecule has 0 atom stereocenters. The molecule has 0 amide bonds. The Hall–Kier alpha value is -0.520. The summed E-state index contributed by atoms with van der Waals surface area (Å²) in [5, 5.41) is 0. The average molecular weight is 81.1 g/mol. The maximum Gasteiger partial charge on any atom is -0.0313 e. The zero-order valence-corrected chi connectivity index (χ0v) is 4.02. The summed E-state index contributed by atoms with van der Waals surface area (Å²) in [7, 11) is 0. The van der Waals surface area contributed by atoms with Crippen molar-refractivity contribution in [3.8, 4) is 0 Å². The fourth-order valence-corrected chi connectivity index (χ4v) is 0.190. The van der Waals surface area contributed by atoms with Crippen molar-refractivity contribution in [2.75, 3.05) is 0 Å². The van der Waals surface area contributed by atoms with Crippen molar-refractivity contribution in [2.24, 2.45) is 0 Å². The minimum atomic E-state index is 1.75. The Balaban J connectivity index is 3.07. The largest absolute Gasteiger partial charge is 0.0877 e. The fourth-order valence-electron chi connectivity index (χ4n) is 0.190. The molecule has 0 heterocycles. The first-order valence-electron chi connectivity index (χ1n) is 1.99. The van der Waals surface area contributed by atoms with Crippen LogP contribution in [0.2, 0.25) is 0 Å². The highest BCUT2D eigenvalue weighted by Gasteiger charge is 1.49. The molecule has 33 valence electrons. The van der Waals surface area contributed by atoms with E-state index in [9.17, 15) is 0 Å². The molecule has 0 saturated heterocycles. The monoisotopic (exact) mass is 81.1 g/mol. The molecule has 0 aliphatic carbocycles. The molecule has 0 rings (SSSR count). The van der Waals surface area contributed by atoms with Crippen molar-refractivity contribution in [1.29, 1.82) is 0 Å². The predicted molar refractivity (Wildman–Crippen MR) is 29.3 cm³/mol. The molecule has 0 aliphatic heterocycles. The number of rotatable bonds is 1. The first kappa shape index (κ1) is 5.48. The van der Waals surface area contributed by atoms with Crippen LogP contribution < -0.4 is 0 Å². The molecule has 0 N–H and O–H groups in total. The van der Waals surface area contributed by atoms with E-state index in [1.165, 1.54) is 0 Å². The third-order valence-electron chi connectivity index (χ3n) is 0.440. The van der Waals surface area contributed by atoms with Gasteiger partial charge in [-0.3, -0.25) is 0 Å². The van der Waals surface area contributed by atoms with E-state index < -0.39 is 0 Å². The summed E-state index contributed by atoms with van der Waals surface area (Å²) >= 11 is 0. The van der Waals surface area contributed by atoms with E-state index in [-0.39, 0.29) is 0 Å². The summed E-state index contributed by atoms with van der Waals surface area (Å²) in [5.41, 5.74) is 0. The Labute approximate surface area is 39.2 Å². The third-order valence-corrected chi connectivity index (χ3v) is 0.440. The van der Waals surface area contributed by atoms with Gasteiger partial charge in [0.15, 0.2) is 0 Å². The van der Waals surface area contributed by atoms with E-state index in [4.69, 9.17) is 0 Å². The molecule has 0 saturated carbocycles. The van der Waals surface area contributed by atoms with Gasteiger partial charge in [0.25, 0.3) is 0 Å². The van der Waals surface area contributed by atoms with E-state index in [0.29, 0.717) is 0 Å². The highest BCUT2D eigenvalue weighted by Crippen LogP contribution is 1.70. The highest BCUT2D eigenvalue weighted by atomic mass is 13.6. The second kappa shape index (κ2) is 4.48. The third kappa shape index (κ3) is 3.48. The molecule has 0 fully saturated rings. The highest BCUT2D eigenvalue weighted by molar-refractivity contribution is 5.01. The quantitative estimate of drug-likeness (QED) is 0.423. The molecule has 6 heavy (non-hydrogen) atoms. The SMILES string of the molecule is [CH2]/C=C\C=C/C.